The van der Waals surface area contributed by atoms with E-state index in [2.05, 4.69) is 15.3 Å². The van der Waals surface area contributed by atoms with Crippen molar-refractivity contribution in [2.75, 3.05) is 0 Å². The normalized spacial score (nSPS) is 11.1. The lowest BCUT2D eigenvalue weighted by Crippen LogP contribution is -2.31. The number of aryl methyl sites for hydroxylation is 1. The molecule has 4 aromatic heterocycles. The molecular formula is C17H14N4O3S2. The molecule has 132 valence electrons. The molecule has 4 heterocycles. The maximum atomic E-state index is 12.3. The molecule has 9 heteroatoms. The van der Waals surface area contributed by atoms with Crippen LogP contribution in [0, 0.1) is 6.92 Å². The van der Waals surface area contributed by atoms with Crippen LogP contribution in [0.1, 0.15) is 10.8 Å². The molecule has 0 atom stereocenters. The number of hydrogen-bond donors (Lipinski definition) is 1. The van der Waals surface area contributed by atoms with Crippen molar-refractivity contribution in [1.29, 1.82) is 0 Å². The van der Waals surface area contributed by atoms with Gasteiger partial charge in [0.15, 0.2) is 5.76 Å². The van der Waals surface area contributed by atoms with Crippen molar-refractivity contribution >= 4 is 38.8 Å². The summed E-state index contributed by atoms with van der Waals surface area (Å²) in [6.45, 7) is 2.09. The van der Waals surface area contributed by atoms with Gasteiger partial charge in [-0.2, -0.15) is 0 Å². The van der Waals surface area contributed by atoms with Gasteiger partial charge in [0.1, 0.15) is 22.8 Å². The van der Waals surface area contributed by atoms with Gasteiger partial charge >= 0.3 is 0 Å². The molecule has 4 rings (SSSR count). The molecule has 0 aliphatic carbocycles. The van der Waals surface area contributed by atoms with Crippen LogP contribution in [0.15, 0.2) is 44.5 Å². The predicted molar refractivity (Wildman–Crippen MR) is 100 cm³/mol. The van der Waals surface area contributed by atoms with E-state index in [9.17, 15) is 9.59 Å². The third-order valence-corrected chi connectivity index (χ3v) is 5.35. The van der Waals surface area contributed by atoms with E-state index in [4.69, 9.17) is 4.42 Å². The van der Waals surface area contributed by atoms with Gasteiger partial charge in [-0.15, -0.1) is 22.7 Å². The Morgan fingerprint density at radius 2 is 2.19 bits per heavy atom. The summed E-state index contributed by atoms with van der Waals surface area (Å²) >= 11 is 2.95. The number of nitrogens with zero attached hydrogens (tertiary/aromatic N) is 3. The molecule has 0 aliphatic rings. The lowest BCUT2D eigenvalue weighted by Gasteiger charge is -2.06. The second-order valence-electron chi connectivity index (χ2n) is 5.61. The van der Waals surface area contributed by atoms with Crippen molar-refractivity contribution in [3.05, 3.63) is 56.4 Å². The van der Waals surface area contributed by atoms with Gasteiger partial charge in [-0.25, -0.2) is 9.97 Å². The number of fused-ring (bicyclic) bond motifs is 1. The summed E-state index contributed by atoms with van der Waals surface area (Å²) < 4.78 is 7.01. The average molecular weight is 386 g/mol. The maximum Gasteiger partial charge on any atom is 0.262 e. The minimum atomic E-state index is -0.286. The highest BCUT2D eigenvalue weighted by atomic mass is 32.1. The van der Waals surface area contributed by atoms with Crippen LogP contribution in [0.4, 0.5) is 0 Å². The number of hydrogen-bond acceptors (Lipinski definition) is 7. The topological polar surface area (TPSA) is 90.0 Å². The van der Waals surface area contributed by atoms with Gasteiger partial charge in [-0.3, -0.25) is 14.2 Å². The third-order valence-electron chi connectivity index (χ3n) is 3.76. The largest absolute Gasteiger partial charge is 0.458 e. The summed E-state index contributed by atoms with van der Waals surface area (Å²) in [7, 11) is 0. The van der Waals surface area contributed by atoms with Crippen LogP contribution in [-0.2, 0) is 17.9 Å². The molecule has 0 saturated heterocycles. The first kappa shape index (κ1) is 16.7. The number of carbonyl (C=O) groups is 1. The smallest absolute Gasteiger partial charge is 0.262 e. The number of aromatic nitrogens is 3. The monoisotopic (exact) mass is 386 g/mol. The van der Waals surface area contributed by atoms with Crippen LogP contribution in [0.2, 0.25) is 0 Å². The molecule has 0 aliphatic heterocycles. The number of furan rings is 1. The van der Waals surface area contributed by atoms with E-state index in [-0.39, 0.29) is 24.6 Å². The number of nitrogens with one attached hydrogen (secondary N) is 1. The third kappa shape index (κ3) is 3.31. The summed E-state index contributed by atoms with van der Waals surface area (Å²) in [5.41, 5.74) is 0.567. The standard InChI is InChI=1S/C17H14N4O3S2/c1-10-20-13(8-26-10)14-3-2-11(24-14)6-18-15(22)7-21-9-19-16-12(17(21)23)4-5-25-16/h2-5,8-9H,6-7H2,1H3,(H,18,22). The maximum absolute atomic E-state index is 12.3. The molecule has 26 heavy (non-hydrogen) atoms. The molecule has 1 N–H and O–H groups in total. The summed E-state index contributed by atoms with van der Waals surface area (Å²) in [5, 5.41) is 7.98. The highest BCUT2D eigenvalue weighted by molar-refractivity contribution is 7.16. The Morgan fingerprint density at radius 3 is 3.00 bits per heavy atom. The summed E-state index contributed by atoms with van der Waals surface area (Å²) in [6, 6.07) is 5.35. The molecule has 0 unspecified atom stereocenters. The Bertz CT molecular complexity index is 1140. The molecule has 4 aromatic rings. The van der Waals surface area contributed by atoms with Crippen molar-refractivity contribution in [2.24, 2.45) is 0 Å². The van der Waals surface area contributed by atoms with Gasteiger partial charge < -0.3 is 9.73 Å². The van der Waals surface area contributed by atoms with Gasteiger partial charge in [0.2, 0.25) is 5.91 Å². The second-order valence-corrected chi connectivity index (χ2v) is 7.57. The number of rotatable bonds is 5. The molecule has 0 fully saturated rings. The Morgan fingerprint density at radius 1 is 1.31 bits per heavy atom. The fraction of sp³-hybridized carbons (Fsp3) is 0.176. The van der Waals surface area contributed by atoms with Crippen LogP contribution in [0.5, 0.6) is 0 Å². The van der Waals surface area contributed by atoms with E-state index < -0.39 is 0 Å². The molecular weight excluding hydrogens is 372 g/mol. The number of carbonyl (C=O) groups excluding carboxylic acids is 1. The zero-order chi connectivity index (χ0) is 18.1. The molecule has 7 nitrogen and oxygen atoms in total. The van der Waals surface area contributed by atoms with Crippen molar-refractivity contribution in [3.8, 4) is 11.5 Å². The molecule has 0 bridgehead atoms. The van der Waals surface area contributed by atoms with Crippen molar-refractivity contribution in [3.63, 3.8) is 0 Å². The van der Waals surface area contributed by atoms with Crippen LogP contribution >= 0.6 is 22.7 Å². The highest BCUT2D eigenvalue weighted by Gasteiger charge is 2.11. The Balaban J connectivity index is 1.40. The fourth-order valence-corrected chi connectivity index (χ4v) is 3.81. The van der Waals surface area contributed by atoms with Crippen LogP contribution in [0.3, 0.4) is 0 Å². The zero-order valence-corrected chi connectivity index (χ0v) is 15.4. The summed E-state index contributed by atoms with van der Waals surface area (Å²) in [5.74, 6) is 1.01. The van der Waals surface area contributed by atoms with Crippen LogP contribution < -0.4 is 10.9 Å². The Labute approximate surface area is 156 Å². The first-order valence-corrected chi connectivity index (χ1v) is 9.56. The minimum Gasteiger partial charge on any atom is -0.458 e. The molecule has 0 saturated carbocycles. The van der Waals surface area contributed by atoms with E-state index in [0.717, 1.165) is 10.7 Å². The SMILES string of the molecule is Cc1nc(-c2ccc(CNC(=O)Cn3cnc4sccc4c3=O)o2)cs1. The molecule has 0 radical (unpaired) electrons. The average Bonchev–Trinajstić information content (AvgIpc) is 3.35. The Kier molecular flexibility index (Phi) is 4.39. The molecule has 0 spiro atoms. The molecule has 1 amide bonds. The van der Waals surface area contributed by atoms with Crippen LogP contribution in [-0.4, -0.2) is 20.4 Å². The predicted octanol–water partition coefficient (Wildman–Crippen LogP) is 2.80. The fourth-order valence-electron chi connectivity index (χ4n) is 2.49. The van der Waals surface area contributed by atoms with Gasteiger partial charge in [0.25, 0.3) is 5.56 Å². The van der Waals surface area contributed by atoms with Crippen molar-refractivity contribution < 1.29 is 9.21 Å². The van der Waals surface area contributed by atoms with Gasteiger partial charge in [-0.05, 0) is 30.5 Å². The number of thiophene rings is 1. The highest BCUT2D eigenvalue weighted by Crippen LogP contribution is 2.23. The second kappa shape index (κ2) is 6.85. The van der Waals surface area contributed by atoms with E-state index in [1.165, 1.54) is 22.2 Å². The zero-order valence-electron chi connectivity index (χ0n) is 13.8. The van der Waals surface area contributed by atoms with Gasteiger partial charge in [0.05, 0.1) is 23.3 Å². The first-order chi connectivity index (χ1) is 12.6. The van der Waals surface area contributed by atoms with Crippen molar-refractivity contribution in [1.82, 2.24) is 19.9 Å². The van der Waals surface area contributed by atoms with Gasteiger partial charge in [0, 0.05) is 5.38 Å². The summed E-state index contributed by atoms with van der Waals surface area (Å²) in [4.78, 5) is 33.7. The number of thiazole rings is 1. The summed E-state index contributed by atoms with van der Waals surface area (Å²) in [6.07, 6.45) is 1.40. The van der Waals surface area contributed by atoms with Crippen molar-refractivity contribution in [2.45, 2.75) is 20.0 Å². The van der Waals surface area contributed by atoms with E-state index in [0.29, 0.717) is 21.7 Å². The lowest BCUT2D eigenvalue weighted by atomic mass is 10.3. The van der Waals surface area contributed by atoms with Crippen LogP contribution in [0.25, 0.3) is 21.7 Å². The Hall–Kier alpha value is -2.78. The first-order valence-electron chi connectivity index (χ1n) is 7.81. The van der Waals surface area contributed by atoms with E-state index in [1.54, 1.807) is 23.5 Å². The number of amides is 1. The van der Waals surface area contributed by atoms with Gasteiger partial charge in [-0.1, -0.05) is 0 Å². The molecule has 0 aromatic carbocycles. The minimum absolute atomic E-state index is 0.0868. The quantitative estimate of drug-likeness (QED) is 0.570. The van der Waals surface area contributed by atoms with E-state index >= 15 is 0 Å². The van der Waals surface area contributed by atoms with E-state index in [1.807, 2.05) is 23.8 Å². The lowest BCUT2D eigenvalue weighted by molar-refractivity contribution is -0.121.